The molecule has 0 aromatic heterocycles. The topological polar surface area (TPSA) is 55.6 Å². The number of halogens is 1. The third kappa shape index (κ3) is 4.80. The maximum Gasteiger partial charge on any atom is 0.305 e. The molecule has 0 unspecified atom stereocenters. The molecular formula is C13H17BrN2O2S. The number of esters is 1. The first-order chi connectivity index (χ1) is 8.95. The Bertz CT molecular complexity index is 480. The fourth-order valence-corrected chi connectivity index (χ4v) is 2.52. The molecule has 1 aromatic carbocycles. The average Bonchev–Trinajstić information content (AvgIpc) is 2.37. The monoisotopic (exact) mass is 344 g/mol. The van der Waals surface area contributed by atoms with E-state index in [0.717, 1.165) is 28.7 Å². The zero-order valence-electron chi connectivity index (χ0n) is 11.0. The van der Waals surface area contributed by atoms with Crippen LogP contribution in [0.2, 0.25) is 0 Å². The van der Waals surface area contributed by atoms with E-state index in [-0.39, 0.29) is 5.97 Å². The van der Waals surface area contributed by atoms with E-state index in [4.69, 9.17) is 18.0 Å². The summed E-state index contributed by atoms with van der Waals surface area (Å²) >= 11 is 8.40. The number of carbonyl (C=O) groups is 1. The van der Waals surface area contributed by atoms with E-state index >= 15 is 0 Å². The van der Waals surface area contributed by atoms with E-state index in [9.17, 15) is 4.79 Å². The number of hydrogen-bond acceptors (Lipinski definition) is 4. The van der Waals surface area contributed by atoms with Gasteiger partial charge in [-0.3, -0.25) is 4.79 Å². The molecule has 0 fully saturated rings. The second kappa shape index (κ2) is 7.45. The Morgan fingerprint density at radius 2 is 2.21 bits per heavy atom. The van der Waals surface area contributed by atoms with Gasteiger partial charge in [-0.05, 0) is 40.5 Å². The summed E-state index contributed by atoms with van der Waals surface area (Å²) in [6, 6.07) is 5.81. The summed E-state index contributed by atoms with van der Waals surface area (Å²) < 4.78 is 5.48. The Morgan fingerprint density at radius 1 is 1.53 bits per heavy atom. The van der Waals surface area contributed by atoms with Crippen LogP contribution in [-0.2, 0) is 9.53 Å². The first-order valence-corrected chi connectivity index (χ1v) is 7.03. The zero-order chi connectivity index (χ0) is 14.4. The van der Waals surface area contributed by atoms with Crippen molar-refractivity contribution in [1.82, 2.24) is 0 Å². The number of rotatable bonds is 6. The van der Waals surface area contributed by atoms with Crippen LogP contribution < -0.4 is 10.6 Å². The number of thiocarbonyl (C=S) groups is 1. The second-order valence-electron chi connectivity index (χ2n) is 4.13. The van der Waals surface area contributed by atoms with Crippen molar-refractivity contribution in [2.45, 2.75) is 12.8 Å². The van der Waals surface area contributed by atoms with Gasteiger partial charge in [0.15, 0.2) is 0 Å². The van der Waals surface area contributed by atoms with Crippen LogP contribution in [0.5, 0.6) is 0 Å². The predicted octanol–water partition coefficient (Wildman–Crippen LogP) is 2.47. The molecule has 0 heterocycles. The van der Waals surface area contributed by atoms with Gasteiger partial charge in [-0.25, -0.2) is 0 Å². The number of methoxy groups -OCH3 is 1. The van der Waals surface area contributed by atoms with Crippen LogP contribution in [0.25, 0.3) is 0 Å². The summed E-state index contributed by atoms with van der Waals surface area (Å²) in [6.07, 6.45) is 1.17. The van der Waals surface area contributed by atoms with E-state index in [2.05, 4.69) is 25.6 Å². The smallest absolute Gasteiger partial charge is 0.305 e. The SMILES string of the molecule is COC(=O)CCCN(C)c1ccc(C(N)=S)c(Br)c1. The molecule has 0 spiro atoms. The minimum Gasteiger partial charge on any atom is -0.469 e. The first kappa shape index (κ1) is 15.9. The number of ether oxygens (including phenoxy) is 1. The molecule has 2 N–H and O–H groups in total. The highest BCUT2D eigenvalue weighted by Gasteiger charge is 2.08. The molecule has 0 radical (unpaired) electrons. The maximum absolute atomic E-state index is 11.0. The number of benzene rings is 1. The van der Waals surface area contributed by atoms with E-state index in [1.54, 1.807) is 0 Å². The van der Waals surface area contributed by atoms with Gasteiger partial charge in [-0.15, -0.1) is 0 Å². The average molecular weight is 345 g/mol. The second-order valence-corrected chi connectivity index (χ2v) is 5.42. The van der Waals surface area contributed by atoms with Crippen LogP contribution in [0.1, 0.15) is 18.4 Å². The van der Waals surface area contributed by atoms with Crippen molar-refractivity contribution in [3.63, 3.8) is 0 Å². The Labute approximate surface area is 127 Å². The van der Waals surface area contributed by atoms with E-state index in [1.165, 1.54) is 7.11 Å². The van der Waals surface area contributed by atoms with Gasteiger partial charge in [0, 0.05) is 35.7 Å². The lowest BCUT2D eigenvalue weighted by Gasteiger charge is -2.20. The fourth-order valence-electron chi connectivity index (χ4n) is 1.63. The molecular weight excluding hydrogens is 328 g/mol. The molecule has 0 atom stereocenters. The van der Waals surface area contributed by atoms with Crippen molar-refractivity contribution in [2.75, 3.05) is 25.6 Å². The molecule has 0 saturated carbocycles. The van der Waals surface area contributed by atoms with Crippen LogP contribution in [0.15, 0.2) is 22.7 Å². The van der Waals surface area contributed by atoms with Gasteiger partial charge < -0.3 is 15.4 Å². The maximum atomic E-state index is 11.0. The number of anilines is 1. The summed E-state index contributed by atoms with van der Waals surface area (Å²) in [6.45, 7) is 0.772. The Balaban J connectivity index is 2.62. The van der Waals surface area contributed by atoms with Crippen molar-refractivity contribution >= 4 is 44.8 Å². The third-order valence-corrected chi connectivity index (χ3v) is 3.64. The largest absolute Gasteiger partial charge is 0.469 e. The molecule has 0 aliphatic heterocycles. The summed E-state index contributed by atoms with van der Waals surface area (Å²) in [7, 11) is 3.37. The molecule has 1 rings (SSSR count). The van der Waals surface area contributed by atoms with Gasteiger partial charge in [-0.2, -0.15) is 0 Å². The number of nitrogens with two attached hydrogens (primary N) is 1. The fraction of sp³-hybridized carbons (Fsp3) is 0.385. The Hall–Kier alpha value is -1.14. The quantitative estimate of drug-likeness (QED) is 0.634. The van der Waals surface area contributed by atoms with Gasteiger partial charge >= 0.3 is 5.97 Å². The highest BCUT2D eigenvalue weighted by Crippen LogP contribution is 2.23. The van der Waals surface area contributed by atoms with E-state index < -0.39 is 0 Å². The van der Waals surface area contributed by atoms with Crippen molar-refractivity contribution in [1.29, 1.82) is 0 Å². The van der Waals surface area contributed by atoms with Crippen LogP contribution >= 0.6 is 28.1 Å². The molecule has 0 amide bonds. The standard InChI is InChI=1S/C13H17BrN2O2S/c1-16(7-3-4-12(17)18-2)9-5-6-10(13(15)19)11(14)8-9/h5-6,8H,3-4,7H2,1-2H3,(H2,15,19). The normalized spacial score (nSPS) is 10.1. The van der Waals surface area contributed by atoms with Crippen molar-refractivity contribution < 1.29 is 9.53 Å². The van der Waals surface area contributed by atoms with Gasteiger partial charge in [0.05, 0.1) is 7.11 Å². The molecule has 19 heavy (non-hydrogen) atoms. The first-order valence-electron chi connectivity index (χ1n) is 5.83. The lowest BCUT2D eigenvalue weighted by Crippen LogP contribution is -2.20. The Morgan fingerprint density at radius 3 is 2.74 bits per heavy atom. The minimum atomic E-state index is -0.182. The number of nitrogens with zero attached hydrogens (tertiary/aromatic N) is 1. The van der Waals surface area contributed by atoms with Crippen LogP contribution in [0.3, 0.4) is 0 Å². The zero-order valence-corrected chi connectivity index (χ0v) is 13.4. The van der Waals surface area contributed by atoms with Gasteiger partial charge in [0.1, 0.15) is 4.99 Å². The highest BCUT2D eigenvalue weighted by molar-refractivity contribution is 9.10. The van der Waals surface area contributed by atoms with Crippen LogP contribution in [-0.4, -0.2) is 31.7 Å². The number of carbonyl (C=O) groups excluding carboxylic acids is 1. The van der Waals surface area contributed by atoms with Gasteiger partial charge in [0.2, 0.25) is 0 Å². The summed E-state index contributed by atoms with van der Waals surface area (Å²) in [5.41, 5.74) is 7.47. The molecule has 0 aliphatic carbocycles. The number of hydrogen-bond donors (Lipinski definition) is 1. The van der Waals surface area contributed by atoms with Gasteiger partial charge in [-0.1, -0.05) is 12.2 Å². The van der Waals surface area contributed by atoms with E-state index in [0.29, 0.717) is 11.4 Å². The third-order valence-electron chi connectivity index (χ3n) is 2.76. The predicted molar refractivity (Wildman–Crippen MR) is 84.5 cm³/mol. The summed E-state index contributed by atoms with van der Waals surface area (Å²) in [5, 5.41) is 0. The molecule has 1 aromatic rings. The van der Waals surface area contributed by atoms with Crippen LogP contribution in [0.4, 0.5) is 5.69 Å². The molecule has 4 nitrogen and oxygen atoms in total. The molecule has 0 aliphatic rings. The van der Waals surface area contributed by atoms with Gasteiger partial charge in [0.25, 0.3) is 0 Å². The Kier molecular flexibility index (Phi) is 6.24. The molecule has 104 valence electrons. The summed E-state index contributed by atoms with van der Waals surface area (Å²) in [4.78, 5) is 13.5. The van der Waals surface area contributed by atoms with E-state index in [1.807, 2.05) is 25.2 Å². The lowest BCUT2D eigenvalue weighted by molar-refractivity contribution is -0.140. The molecule has 6 heteroatoms. The van der Waals surface area contributed by atoms with Crippen LogP contribution in [0, 0.1) is 0 Å². The van der Waals surface area contributed by atoms with Crippen molar-refractivity contribution in [3.05, 3.63) is 28.2 Å². The molecule has 0 saturated heterocycles. The van der Waals surface area contributed by atoms with Crippen molar-refractivity contribution in [3.8, 4) is 0 Å². The highest BCUT2D eigenvalue weighted by atomic mass is 79.9. The lowest BCUT2D eigenvalue weighted by atomic mass is 10.2. The molecule has 0 bridgehead atoms. The minimum absolute atomic E-state index is 0.182. The summed E-state index contributed by atoms with van der Waals surface area (Å²) in [5.74, 6) is -0.182. The van der Waals surface area contributed by atoms with Crippen molar-refractivity contribution in [2.24, 2.45) is 5.73 Å².